The van der Waals surface area contributed by atoms with Crippen molar-refractivity contribution in [2.75, 3.05) is 4.90 Å². The third kappa shape index (κ3) is 1.64. The average molecular weight is 247 g/mol. The number of amides is 2. The standard InChI is InChI=1S/C13H13NO4/c1-8(15)7-13(18)10-5-3-4-6-11(10)14(9(2)16)12(13)17/h3-6,18H,7H2,1-2H3/t13-/m0/s1. The summed E-state index contributed by atoms with van der Waals surface area (Å²) in [4.78, 5) is 35.8. The predicted octanol–water partition coefficient (Wildman–Crippen LogP) is 0.746. The molecule has 1 aliphatic rings. The Morgan fingerprint density at radius 2 is 1.89 bits per heavy atom. The molecular weight excluding hydrogens is 234 g/mol. The molecule has 94 valence electrons. The zero-order valence-electron chi connectivity index (χ0n) is 10.1. The molecule has 0 radical (unpaired) electrons. The number of imide groups is 1. The van der Waals surface area contributed by atoms with Crippen molar-refractivity contribution in [3.63, 3.8) is 0 Å². The summed E-state index contributed by atoms with van der Waals surface area (Å²) in [6.07, 6.45) is -0.327. The second-order valence-corrected chi connectivity index (χ2v) is 4.42. The minimum Gasteiger partial charge on any atom is -0.375 e. The zero-order valence-corrected chi connectivity index (χ0v) is 10.1. The third-order valence-corrected chi connectivity index (χ3v) is 2.97. The monoisotopic (exact) mass is 247 g/mol. The van der Waals surface area contributed by atoms with Gasteiger partial charge < -0.3 is 5.11 Å². The summed E-state index contributed by atoms with van der Waals surface area (Å²) in [5.74, 6) is -1.55. The molecule has 1 aromatic carbocycles. The smallest absolute Gasteiger partial charge is 0.270 e. The van der Waals surface area contributed by atoms with Gasteiger partial charge in [-0.25, -0.2) is 4.90 Å². The van der Waals surface area contributed by atoms with Gasteiger partial charge in [0.05, 0.1) is 5.69 Å². The first-order chi connectivity index (χ1) is 8.38. The normalized spacial score (nSPS) is 21.9. The van der Waals surface area contributed by atoms with Crippen LogP contribution < -0.4 is 4.90 Å². The number of fused-ring (bicyclic) bond motifs is 1. The first kappa shape index (κ1) is 12.4. The van der Waals surface area contributed by atoms with E-state index in [9.17, 15) is 19.5 Å². The molecule has 5 nitrogen and oxygen atoms in total. The van der Waals surface area contributed by atoms with Gasteiger partial charge in [-0.2, -0.15) is 0 Å². The van der Waals surface area contributed by atoms with Gasteiger partial charge in [-0.1, -0.05) is 18.2 Å². The molecule has 2 rings (SSSR count). The van der Waals surface area contributed by atoms with E-state index < -0.39 is 17.4 Å². The SMILES string of the molecule is CC(=O)C[C@@]1(O)C(=O)N(C(C)=O)c2ccccc21. The molecule has 18 heavy (non-hydrogen) atoms. The molecule has 5 heteroatoms. The molecule has 1 N–H and O–H groups in total. The summed E-state index contributed by atoms with van der Waals surface area (Å²) in [6.45, 7) is 2.54. The highest BCUT2D eigenvalue weighted by Crippen LogP contribution is 2.42. The molecule has 0 aliphatic carbocycles. The topological polar surface area (TPSA) is 74.7 Å². The van der Waals surface area contributed by atoms with Crippen molar-refractivity contribution in [1.82, 2.24) is 0 Å². The maximum atomic E-state index is 12.2. The van der Waals surface area contributed by atoms with Crippen LogP contribution >= 0.6 is 0 Å². The van der Waals surface area contributed by atoms with Crippen LogP contribution in [-0.2, 0) is 20.0 Å². The minimum atomic E-state index is -1.92. The van der Waals surface area contributed by atoms with Crippen molar-refractivity contribution >= 4 is 23.3 Å². The molecule has 1 aliphatic heterocycles. The van der Waals surface area contributed by atoms with E-state index in [0.717, 1.165) is 4.90 Å². The number of hydrogen-bond donors (Lipinski definition) is 1. The first-order valence-electron chi connectivity index (χ1n) is 5.54. The minimum absolute atomic E-state index is 0.306. The number of hydrogen-bond acceptors (Lipinski definition) is 4. The molecule has 2 amide bonds. The summed E-state index contributed by atoms with van der Waals surface area (Å²) < 4.78 is 0. The van der Waals surface area contributed by atoms with Crippen LogP contribution in [0.15, 0.2) is 24.3 Å². The van der Waals surface area contributed by atoms with Crippen LogP contribution in [0.5, 0.6) is 0 Å². The van der Waals surface area contributed by atoms with Crippen LogP contribution in [0, 0.1) is 0 Å². The number of aliphatic hydroxyl groups is 1. The van der Waals surface area contributed by atoms with Gasteiger partial charge in [0.25, 0.3) is 5.91 Å². The number of anilines is 1. The summed E-state index contributed by atoms with van der Waals surface area (Å²) >= 11 is 0. The second kappa shape index (κ2) is 4.03. The number of carbonyl (C=O) groups excluding carboxylic acids is 3. The van der Waals surface area contributed by atoms with E-state index in [1.165, 1.54) is 13.8 Å². The summed E-state index contributed by atoms with van der Waals surface area (Å²) in [5.41, 5.74) is -1.27. The molecule has 0 saturated heterocycles. The van der Waals surface area contributed by atoms with Gasteiger partial charge in [0, 0.05) is 18.9 Å². The highest BCUT2D eigenvalue weighted by Gasteiger charge is 2.51. The van der Waals surface area contributed by atoms with Gasteiger partial charge in [-0.3, -0.25) is 14.4 Å². The van der Waals surface area contributed by atoms with E-state index in [-0.39, 0.29) is 12.2 Å². The van der Waals surface area contributed by atoms with Gasteiger partial charge in [0.1, 0.15) is 5.78 Å². The maximum absolute atomic E-state index is 12.2. The first-order valence-corrected chi connectivity index (χ1v) is 5.54. The maximum Gasteiger partial charge on any atom is 0.270 e. The fourth-order valence-electron chi connectivity index (χ4n) is 2.27. The molecule has 1 atom stereocenters. The van der Waals surface area contributed by atoms with Gasteiger partial charge in [0.15, 0.2) is 5.60 Å². The van der Waals surface area contributed by atoms with Crippen LogP contribution in [0.3, 0.4) is 0 Å². The number of para-hydroxylation sites is 1. The Morgan fingerprint density at radius 1 is 1.28 bits per heavy atom. The van der Waals surface area contributed by atoms with Crippen molar-refractivity contribution < 1.29 is 19.5 Å². The van der Waals surface area contributed by atoms with Gasteiger partial charge in [-0.15, -0.1) is 0 Å². The van der Waals surface area contributed by atoms with E-state index in [1.807, 2.05) is 0 Å². The Labute approximate surface area is 104 Å². The van der Waals surface area contributed by atoms with Crippen LogP contribution in [0.2, 0.25) is 0 Å². The number of ketones is 1. The molecule has 0 aromatic heterocycles. The van der Waals surface area contributed by atoms with E-state index in [0.29, 0.717) is 11.3 Å². The highest BCUT2D eigenvalue weighted by molar-refractivity contribution is 6.22. The number of benzene rings is 1. The fourth-order valence-corrected chi connectivity index (χ4v) is 2.27. The lowest BCUT2D eigenvalue weighted by Crippen LogP contribution is -2.43. The Kier molecular flexibility index (Phi) is 2.78. The molecule has 0 spiro atoms. The van der Waals surface area contributed by atoms with E-state index in [4.69, 9.17) is 0 Å². The number of carbonyl (C=O) groups is 3. The lowest BCUT2D eigenvalue weighted by atomic mass is 9.90. The lowest BCUT2D eigenvalue weighted by molar-refractivity contribution is -0.143. The van der Waals surface area contributed by atoms with Crippen LogP contribution in [-0.4, -0.2) is 22.7 Å². The van der Waals surface area contributed by atoms with Crippen molar-refractivity contribution in [3.8, 4) is 0 Å². The molecule has 1 heterocycles. The summed E-state index contributed by atoms with van der Waals surface area (Å²) in [5, 5.41) is 10.4. The average Bonchev–Trinajstić information content (AvgIpc) is 2.48. The van der Waals surface area contributed by atoms with E-state index in [2.05, 4.69) is 0 Å². The highest BCUT2D eigenvalue weighted by atomic mass is 16.3. The quantitative estimate of drug-likeness (QED) is 0.836. The summed E-state index contributed by atoms with van der Waals surface area (Å²) in [7, 11) is 0. The molecule has 0 bridgehead atoms. The number of nitrogens with zero attached hydrogens (tertiary/aromatic N) is 1. The molecule has 0 saturated carbocycles. The van der Waals surface area contributed by atoms with Crippen molar-refractivity contribution in [2.24, 2.45) is 0 Å². The zero-order chi connectivity index (χ0) is 13.5. The van der Waals surface area contributed by atoms with E-state index in [1.54, 1.807) is 24.3 Å². The van der Waals surface area contributed by atoms with Gasteiger partial charge >= 0.3 is 0 Å². The number of rotatable bonds is 2. The Bertz CT molecular complexity index is 552. The molecular formula is C13H13NO4. The lowest BCUT2D eigenvalue weighted by Gasteiger charge is -2.20. The van der Waals surface area contributed by atoms with E-state index >= 15 is 0 Å². The molecule has 0 unspecified atom stereocenters. The van der Waals surface area contributed by atoms with Gasteiger partial charge in [-0.05, 0) is 13.0 Å². The van der Waals surface area contributed by atoms with Crippen molar-refractivity contribution in [3.05, 3.63) is 29.8 Å². The third-order valence-electron chi connectivity index (χ3n) is 2.97. The predicted molar refractivity (Wildman–Crippen MR) is 63.8 cm³/mol. The molecule has 0 fully saturated rings. The second-order valence-electron chi connectivity index (χ2n) is 4.42. The van der Waals surface area contributed by atoms with Crippen molar-refractivity contribution in [2.45, 2.75) is 25.9 Å². The largest absolute Gasteiger partial charge is 0.375 e. The number of Topliss-reactive ketones (excluding diaryl/α,β-unsaturated/α-hetero) is 1. The fraction of sp³-hybridized carbons (Fsp3) is 0.308. The summed E-state index contributed by atoms with van der Waals surface area (Å²) in [6, 6.07) is 6.45. The van der Waals surface area contributed by atoms with Crippen LogP contribution in [0.4, 0.5) is 5.69 Å². The van der Waals surface area contributed by atoms with Crippen molar-refractivity contribution in [1.29, 1.82) is 0 Å². The van der Waals surface area contributed by atoms with Crippen LogP contribution in [0.25, 0.3) is 0 Å². The van der Waals surface area contributed by atoms with Gasteiger partial charge in [0.2, 0.25) is 5.91 Å². The Balaban J connectivity index is 2.61. The molecule has 1 aromatic rings. The Hall–Kier alpha value is -2.01. The van der Waals surface area contributed by atoms with Crippen LogP contribution in [0.1, 0.15) is 25.8 Å². The Morgan fingerprint density at radius 3 is 2.44 bits per heavy atom.